The predicted octanol–water partition coefficient (Wildman–Crippen LogP) is 3.82. The fourth-order valence-corrected chi connectivity index (χ4v) is 2.72. The van der Waals surface area contributed by atoms with Crippen molar-refractivity contribution in [1.82, 2.24) is 0 Å². The largest absolute Gasteiger partial charge is 0.497 e. The molecule has 0 radical (unpaired) electrons. The Labute approximate surface area is 144 Å². The molecule has 1 fully saturated rings. The van der Waals surface area contributed by atoms with Gasteiger partial charge < -0.3 is 14.5 Å². The van der Waals surface area contributed by atoms with E-state index in [2.05, 4.69) is 5.32 Å². The molecule has 2 aromatic carbocycles. The van der Waals surface area contributed by atoms with Crippen molar-refractivity contribution < 1.29 is 13.9 Å². The zero-order chi connectivity index (χ0) is 17.4. The topological polar surface area (TPSA) is 68.5 Å². The molecule has 1 N–H and O–H groups in total. The zero-order valence-corrected chi connectivity index (χ0v) is 13.7. The molecule has 5 nitrogen and oxygen atoms in total. The van der Waals surface area contributed by atoms with Crippen LogP contribution in [-0.2, 0) is 4.79 Å². The molecule has 0 atom stereocenters. The van der Waals surface area contributed by atoms with Gasteiger partial charge in [0.1, 0.15) is 17.1 Å². The Morgan fingerprint density at radius 1 is 1.12 bits per heavy atom. The van der Waals surface area contributed by atoms with Gasteiger partial charge in [0.25, 0.3) is 0 Å². The average molecular weight is 335 g/mol. The van der Waals surface area contributed by atoms with Gasteiger partial charge in [0.2, 0.25) is 5.91 Å². The third-order valence-electron chi connectivity index (χ3n) is 4.32. The average Bonchev–Trinajstić information content (AvgIpc) is 3.46. The minimum atomic E-state index is -0.118. The molecule has 25 heavy (non-hydrogen) atoms. The lowest BCUT2D eigenvalue weighted by Crippen LogP contribution is -2.13. The van der Waals surface area contributed by atoms with Gasteiger partial charge in [0.05, 0.1) is 12.5 Å². The number of rotatable bonds is 4. The minimum absolute atomic E-state index is 0.0213. The standard InChI is InChI=1S/C20H17NO4/c1-24-15-7-4-12(5-8-15)18-11-17(22)16-9-6-14(10-19(16)25-18)21-20(23)13-2-3-13/h4-11,13H,2-3H2,1H3,(H,21,23). The smallest absolute Gasteiger partial charge is 0.227 e. The van der Waals surface area contributed by atoms with Crippen molar-refractivity contribution in [2.45, 2.75) is 12.8 Å². The first-order chi connectivity index (χ1) is 12.1. The summed E-state index contributed by atoms with van der Waals surface area (Å²) in [7, 11) is 1.60. The highest BCUT2D eigenvalue weighted by molar-refractivity contribution is 5.95. The Morgan fingerprint density at radius 3 is 2.56 bits per heavy atom. The number of hydrogen-bond donors (Lipinski definition) is 1. The molecular weight excluding hydrogens is 318 g/mol. The van der Waals surface area contributed by atoms with Crippen LogP contribution < -0.4 is 15.5 Å². The summed E-state index contributed by atoms with van der Waals surface area (Å²) in [5, 5.41) is 3.36. The first-order valence-corrected chi connectivity index (χ1v) is 8.17. The molecule has 1 saturated carbocycles. The van der Waals surface area contributed by atoms with E-state index < -0.39 is 0 Å². The second kappa shape index (κ2) is 6.09. The molecule has 1 aliphatic carbocycles. The molecule has 1 amide bonds. The third-order valence-corrected chi connectivity index (χ3v) is 4.32. The Hall–Kier alpha value is -3.08. The van der Waals surface area contributed by atoms with Crippen LogP contribution in [0, 0.1) is 5.92 Å². The van der Waals surface area contributed by atoms with E-state index in [1.54, 1.807) is 25.3 Å². The summed E-state index contributed by atoms with van der Waals surface area (Å²) in [5.41, 5.74) is 1.76. The number of hydrogen-bond acceptors (Lipinski definition) is 4. The summed E-state index contributed by atoms with van der Waals surface area (Å²) in [5.74, 6) is 1.35. The van der Waals surface area contributed by atoms with Crippen LogP contribution in [0.2, 0.25) is 0 Å². The van der Waals surface area contributed by atoms with E-state index >= 15 is 0 Å². The van der Waals surface area contributed by atoms with Crippen molar-refractivity contribution in [3.63, 3.8) is 0 Å². The maximum atomic E-state index is 12.4. The van der Waals surface area contributed by atoms with E-state index in [1.807, 2.05) is 24.3 Å². The maximum absolute atomic E-state index is 12.4. The highest BCUT2D eigenvalue weighted by Crippen LogP contribution is 2.31. The molecule has 0 unspecified atom stereocenters. The van der Waals surface area contributed by atoms with Crippen molar-refractivity contribution in [2.75, 3.05) is 12.4 Å². The van der Waals surface area contributed by atoms with Gasteiger partial charge in [-0.1, -0.05) is 0 Å². The molecule has 1 aliphatic rings. The van der Waals surface area contributed by atoms with Gasteiger partial charge >= 0.3 is 0 Å². The molecule has 0 bridgehead atoms. The summed E-state index contributed by atoms with van der Waals surface area (Å²) >= 11 is 0. The fraction of sp³-hybridized carbons (Fsp3) is 0.200. The van der Waals surface area contributed by atoms with Gasteiger partial charge in [0.15, 0.2) is 5.43 Å². The summed E-state index contributed by atoms with van der Waals surface area (Å²) < 4.78 is 11.1. The van der Waals surface area contributed by atoms with Gasteiger partial charge in [-0.05, 0) is 49.2 Å². The first-order valence-electron chi connectivity index (χ1n) is 8.17. The molecule has 3 aromatic rings. The van der Waals surface area contributed by atoms with Crippen molar-refractivity contribution >= 4 is 22.6 Å². The van der Waals surface area contributed by atoms with Crippen molar-refractivity contribution in [1.29, 1.82) is 0 Å². The molecule has 0 saturated heterocycles. The summed E-state index contributed by atoms with van der Waals surface area (Å²) in [4.78, 5) is 24.3. The number of anilines is 1. The molecule has 1 aromatic heterocycles. The number of methoxy groups -OCH3 is 1. The maximum Gasteiger partial charge on any atom is 0.227 e. The second-order valence-corrected chi connectivity index (χ2v) is 6.18. The van der Waals surface area contributed by atoms with Gasteiger partial charge in [-0.25, -0.2) is 0 Å². The lowest BCUT2D eigenvalue weighted by Gasteiger charge is -2.07. The Bertz CT molecular complexity index is 1000. The summed E-state index contributed by atoms with van der Waals surface area (Å²) in [6, 6.07) is 13.9. The van der Waals surface area contributed by atoms with E-state index in [1.165, 1.54) is 6.07 Å². The summed E-state index contributed by atoms with van der Waals surface area (Å²) in [6.07, 6.45) is 1.88. The Morgan fingerprint density at radius 2 is 1.88 bits per heavy atom. The van der Waals surface area contributed by atoms with Crippen molar-refractivity contribution in [3.8, 4) is 17.1 Å². The van der Waals surface area contributed by atoms with E-state index in [9.17, 15) is 9.59 Å². The van der Waals surface area contributed by atoms with Gasteiger partial charge in [-0.15, -0.1) is 0 Å². The third kappa shape index (κ3) is 3.13. The van der Waals surface area contributed by atoms with Crippen LogP contribution in [0.1, 0.15) is 12.8 Å². The number of carbonyl (C=O) groups is 1. The van der Waals surface area contributed by atoms with E-state index in [-0.39, 0.29) is 17.3 Å². The number of fused-ring (bicyclic) bond motifs is 1. The lowest BCUT2D eigenvalue weighted by atomic mass is 10.1. The predicted molar refractivity (Wildman–Crippen MR) is 95.8 cm³/mol. The zero-order valence-electron chi connectivity index (χ0n) is 13.7. The van der Waals surface area contributed by atoms with Crippen LogP contribution in [-0.4, -0.2) is 13.0 Å². The van der Waals surface area contributed by atoms with Crippen LogP contribution in [0.5, 0.6) is 5.75 Å². The number of nitrogens with one attached hydrogen (secondary N) is 1. The van der Waals surface area contributed by atoms with Gasteiger partial charge in [-0.3, -0.25) is 9.59 Å². The van der Waals surface area contributed by atoms with Crippen LogP contribution in [0.25, 0.3) is 22.3 Å². The number of amides is 1. The van der Waals surface area contributed by atoms with E-state index in [4.69, 9.17) is 9.15 Å². The molecule has 126 valence electrons. The van der Waals surface area contributed by atoms with Crippen LogP contribution >= 0.6 is 0 Å². The van der Waals surface area contributed by atoms with Crippen molar-refractivity contribution in [3.05, 3.63) is 58.8 Å². The summed E-state index contributed by atoms with van der Waals surface area (Å²) in [6.45, 7) is 0. The Balaban J connectivity index is 1.72. The van der Waals surface area contributed by atoms with Crippen LogP contribution in [0.15, 0.2) is 57.7 Å². The molecule has 0 aliphatic heterocycles. The van der Waals surface area contributed by atoms with E-state index in [0.29, 0.717) is 22.4 Å². The van der Waals surface area contributed by atoms with Crippen molar-refractivity contribution in [2.24, 2.45) is 5.92 Å². The second-order valence-electron chi connectivity index (χ2n) is 6.18. The molecule has 5 heteroatoms. The highest BCUT2D eigenvalue weighted by atomic mass is 16.5. The number of ether oxygens (including phenoxy) is 1. The lowest BCUT2D eigenvalue weighted by molar-refractivity contribution is -0.117. The quantitative estimate of drug-likeness (QED) is 0.787. The molecule has 0 spiro atoms. The highest BCUT2D eigenvalue weighted by Gasteiger charge is 2.29. The first kappa shape index (κ1) is 15.4. The molecule has 4 rings (SSSR count). The number of benzene rings is 2. The monoisotopic (exact) mass is 335 g/mol. The minimum Gasteiger partial charge on any atom is -0.497 e. The molecule has 1 heterocycles. The van der Waals surface area contributed by atoms with Gasteiger partial charge in [0, 0.05) is 29.3 Å². The molecular formula is C20H17NO4. The number of carbonyl (C=O) groups excluding carboxylic acids is 1. The van der Waals surface area contributed by atoms with E-state index in [0.717, 1.165) is 24.2 Å². The van der Waals surface area contributed by atoms with Crippen LogP contribution in [0.3, 0.4) is 0 Å². The Kier molecular flexibility index (Phi) is 3.76. The SMILES string of the molecule is COc1ccc(-c2cc(=O)c3ccc(NC(=O)C4CC4)cc3o2)cc1. The van der Waals surface area contributed by atoms with Gasteiger partial charge in [-0.2, -0.15) is 0 Å². The fourth-order valence-electron chi connectivity index (χ4n) is 2.72. The normalized spacial score (nSPS) is 13.6. The van der Waals surface area contributed by atoms with Crippen LogP contribution in [0.4, 0.5) is 5.69 Å².